The number of nitrogens with one attached hydrogen (secondary N) is 2. The van der Waals surface area contributed by atoms with Crippen molar-refractivity contribution in [2.75, 3.05) is 26.7 Å². The first-order valence-electron chi connectivity index (χ1n) is 7.22. The Kier molecular flexibility index (Phi) is 6.65. The summed E-state index contributed by atoms with van der Waals surface area (Å²) in [6.07, 6.45) is 3.17. The molecule has 18 heavy (non-hydrogen) atoms. The SMILES string of the molecule is CC1CCNC(C(=O)NCCCN(C)C(C)C)C1. The van der Waals surface area contributed by atoms with Crippen LogP contribution in [0.1, 0.15) is 40.0 Å². The average molecular weight is 255 g/mol. The van der Waals surface area contributed by atoms with Gasteiger partial charge >= 0.3 is 0 Å². The van der Waals surface area contributed by atoms with Crippen molar-refractivity contribution < 1.29 is 4.79 Å². The van der Waals surface area contributed by atoms with Crippen molar-refractivity contribution in [3.8, 4) is 0 Å². The topological polar surface area (TPSA) is 44.4 Å². The quantitative estimate of drug-likeness (QED) is 0.702. The molecule has 0 saturated carbocycles. The summed E-state index contributed by atoms with van der Waals surface area (Å²) in [5.41, 5.74) is 0. The van der Waals surface area contributed by atoms with E-state index in [9.17, 15) is 4.79 Å². The van der Waals surface area contributed by atoms with E-state index in [4.69, 9.17) is 0 Å². The van der Waals surface area contributed by atoms with Crippen LogP contribution in [-0.2, 0) is 4.79 Å². The van der Waals surface area contributed by atoms with E-state index < -0.39 is 0 Å². The highest BCUT2D eigenvalue weighted by Gasteiger charge is 2.23. The fraction of sp³-hybridized carbons (Fsp3) is 0.929. The van der Waals surface area contributed by atoms with Gasteiger partial charge in [0.25, 0.3) is 0 Å². The highest BCUT2D eigenvalue weighted by molar-refractivity contribution is 5.81. The van der Waals surface area contributed by atoms with Crippen LogP contribution in [0.3, 0.4) is 0 Å². The summed E-state index contributed by atoms with van der Waals surface area (Å²) in [6, 6.07) is 0.596. The minimum Gasteiger partial charge on any atom is -0.355 e. The number of carbonyl (C=O) groups is 1. The van der Waals surface area contributed by atoms with E-state index in [1.54, 1.807) is 0 Å². The van der Waals surface area contributed by atoms with Gasteiger partial charge in [-0.3, -0.25) is 4.79 Å². The van der Waals surface area contributed by atoms with Crippen LogP contribution in [0.4, 0.5) is 0 Å². The lowest BCUT2D eigenvalue weighted by molar-refractivity contribution is -0.124. The lowest BCUT2D eigenvalue weighted by Gasteiger charge is -2.27. The van der Waals surface area contributed by atoms with Gasteiger partial charge in [0.05, 0.1) is 6.04 Å². The van der Waals surface area contributed by atoms with Crippen molar-refractivity contribution in [3.05, 3.63) is 0 Å². The lowest BCUT2D eigenvalue weighted by Crippen LogP contribution is -2.48. The number of amides is 1. The van der Waals surface area contributed by atoms with E-state index in [-0.39, 0.29) is 11.9 Å². The monoisotopic (exact) mass is 255 g/mol. The molecule has 1 fully saturated rings. The van der Waals surface area contributed by atoms with Gasteiger partial charge in [-0.05, 0) is 59.2 Å². The van der Waals surface area contributed by atoms with Gasteiger partial charge in [-0.25, -0.2) is 0 Å². The van der Waals surface area contributed by atoms with Gasteiger partial charge in [0.15, 0.2) is 0 Å². The molecule has 2 N–H and O–H groups in total. The maximum absolute atomic E-state index is 11.9. The molecule has 106 valence electrons. The van der Waals surface area contributed by atoms with Crippen LogP contribution in [-0.4, -0.2) is 49.6 Å². The predicted octanol–water partition coefficient (Wildman–Crippen LogP) is 1.22. The van der Waals surface area contributed by atoms with Crippen molar-refractivity contribution in [1.29, 1.82) is 0 Å². The maximum Gasteiger partial charge on any atom is 0.237 e. The molecule has 0 aliphatic carbocycles. The molecule has 1 saturated heterocycles. The zero-order valence-electron chi connectivity index (χ0n) is 12.3. The highest BCUT2D eigenvalue weighted by Crippen LogP contribution is 2.14. The average Bonchev–Trinajstić information content (AvgIpc) is 2.33. The molecule has 1 amide bonds. The second-order valence-electron chi connectivity index (χ2n) is 5.86. The predicted molar refractivity (Wildman–Crippen MR) is 75.6 cm³/mol. The molecule has 1 aliphatic heterocycles. The van der Waals surface area contributed by atoms with Gasteiger partial charge in [-0.2, -0.15) is 0 Å². The second-order valence-corrected chi connectivity index (χ2v) is 5.86. The van der Waals surface area contributed by atoms with Crippen LogP contribution in [0.25, 0.3) is 0 Å². The Bertz CT molecular complexity index is 255. The van der Waals surface area contributed by atoms with E-state index in [0.717, 1.165) is 32.5 Å². The van der Waals surface area contributed by atoms with E-state index in [1.165, 1.54) is 6.42 Å². The number of hydrogen-bond donors (Lipinski definition) is 2. The van der Waals surface area contributed by atoms with Crippen LogP contribution in [0.15, 0.2) is 0 Å². The molecule has 2 atom stereocenters. The minimum atomic E-state index is 0.0246. The van der Waals surface area contributed by atoms with Crippen molar-refractivity contribution in [2.45, 2.75) is 52.1 Å². The van der Waals surface area contributed by atoms with Gasteiger partial charge in [0, 0.05) is 12.6 Å². The molecule has 4 heteroatoms. The molecule has 1 rings (SSSR count). The molecule has 0 aromatic carbocycles. The number of hydrogen-bond acceptors (Lipinski definition) is 3. The Morgan fingerprint density at radius 3 is 2.83 bits per heavy atom. The number of rotatable bonds is 6. The summed E-state index contributed by atoms with van der Waals surface area (Å²) < 4.78 is 0. The summed E-state index contributed by atoms with van der Waals surface area (Å²) in [6.45, 7) is 9.38. The fourth-order valence-electron chi connectivity index (χ4n) is 2.23. The Hall–Kier alpha value is -0.610. The zero-order chi connectivity index (χ0) is 13.5. The van der Waals surface area contributed by atoms with E-state index in [0.29, 0.717) is 12.0 Å². The number of piperidine rings is 1. The molecule has 0 aromatic heterocycles. The summed E-state index contributed by atoms with van der Waals surface area (Å²) in [5.74, 6) is 0.836. The van der Waals surface area contributed by atoms with Gasteiger partial charge in [-0.15, -0.1) is 0 Å². The maximum atomic E-state index is 11.9. The van der Waals surface area contributed by atoms with Gasteiger partial charge in [-0.1, -0.05) is 6.92 Å². The number of nitrogens with zero attached hydrogens (tertiary/aromatic N) is 1. The summed E-state index contributed by atoms with van der Waals surface area (Å²) >= 11 is 0. The summed E-state index contributed by atoms with van der Waals surface area (Å²) in [5, 5.41) is 6.33. The number of carbonyl (C=O) groups excluding carboxylic acids is 1. The van der Waals surface area contributed by atoms with Gasteiger partial charge < -0.3 is 15.5 Å². The molecular weight excluding hydrogens is 226 g/mol. The van der Waals surface area contributed by atoms with Crippen molar-refractivity contribution in [3.63, 3.8) is 0 Å². The van der Waals surface area contributed by atoms with Gasteiger partial charge in [0.1, 0.15) is 0 Å². The smallest absolute Gasteiger partial charge is 0.237 e. The molecule has 0 bridgehead atoms. The van der Waals surface area contributed by atoms with Gasteiger partial charge in [0.2, 0.25) is 5.91 Å². The zero-order valence-corrected chi connectivity index (χ0v) is 12.3. The Labute approximate surface area is 111 Å². The third-order valence-corrected chi connectivity index (χ3v) is 3.85. The standard InChI is InChI=1S/C14H29N3O/c1-11(2)17(4)9-5-7-16-14(18)13-10-12(3)6-8-15-13/h11-13,15H,5-10H2,1-4H3,(H,16,18). The molecule has 2 unspecified atom stereocenters. The highest BCUT2D eigenvalue weighted by atomic mass is 16.2. The molecule has 1 aliphatic rings. The van der Waals surface area contributed by atoms with E-state index >= 15 is 0 Å². The first-order chi connectivity index (χ1) is 8.50. The van der Waals surface area contributed by atoms with Crippen LogP contribution in [0.2, 0.25) is 0 Å². The molecule has 0 spiro atoms. The molecule has 4 nitrogen and oxygen atoms in total. The third kappa shape index (κ3) is 5.36. The first kappa shape index (κ1) is 15.4. The van der Waals surface area contributed by atoms with Crippen LogP contribution in [0.5, 0.6) is 0 Å². The third-order valence-electron chi connectivity index (χ3n) is 3.85. The first-order valence-corrected chi connectivity index (χ1v) is 7.22. The van der Waals surface area contributed by atoms with Crippen LogP contribution < -0.4 is 10.6 Å². The fourth-order valence-corrected chi connectivity index (χ4v) is 2.23. The molecular formula is C14H29N3O. The molecule has 0 radical (unpaired) electrons. The largest absolute Gasteiger partial charge is 0.355 e. The van der Waals surface area contributed by atoms with Crippen molar-refractivity contribution >= 4 is 5.91 Å². The van der Waals surface area contributed by atoms with Crippen molar-refractivity contribution in [2.24, 2.45) is 5.92 Å². The summed E-state index contributed by atoms with van der Waals surface area (Å²) in [4.78, 5) is 14.2. The van der Waals surface area contributed by atoms with Crippen LogP contribution in [0, 0.1) is 5.92 Å². The minimum absolute atomic E-state index is 0.0246. The second kappa shape index (κ2) is 7.74. The normalized spacial score (nSPS) is 24.6. The Morgan fingerprint density at radius 2 is 2.22 bits per heavy atom. The lowest BCUT2D eigenvalue weighted by atomic mass is 9.94. The molecule has 1 heterocycles. The van der Waals surface area contributed by atoms with Crippen molar-refractivity contribution in [1.82, 2.24) is 15.5 Å². The van der Waals surface area contributed by atoms with Crippen LogP contribution >= 0.6 is 0 Å². The summed E-state index contributed by atoms with van der Waals surface area (Å²) in [7, 11) is 2.12. The Morgan fingerprint density at radius 1 is 1.50 bits per heavy atom. The van der Waals surface area contributed by atoms with E-state index in [1.807, 2.05) is 0 Å². The molecule has 0 aromatic rings. The van der Waals surface area contributed by atoms with E-state index in [2.05, 4.69) is 43.4 Å². The Balaban J connectivity index is 2.13.